The summed E-state index contributed by atoms with van der Waals surface area (Å²) in [6.07, 6.45) is 2.22. The van der Waals surface area contributed by atoms with Gasteiger partial charge in [0, 0.05) is 12.3 Å². The molecule has 0 heterocycles. The Morgan fingerprint density at radius 2 is 1.60 bits per heavy atom. The first-order chi connectivity index (χ1) is 9.20. The van der Waals surface area contributed by atoms with Gasteiger partial charge in [0.05, 0.1) is 4.90 Å². The number of sulfone groups is 1. The highest BCUT2D eigenvalue weighted by Gasteiger charge is 2.15. The Morgan fingerprint density at radius 3 is 2.00 bits per heavy atom. The highest BCUT2D eigenvalue weighted by molar-refractivity contribution is 7.90. The second-order valence-corrected chi connectivity index (χ2v) is 8.20. The van der Waals surface area contributed by atoms with E-state index in [0.29, 0.717) is 22.8 Å². The van der Waals surface area contributed by atoms with Crippen LogP contribution < -0.4 is 5.32 Å². The lowest BCUT2D eigenvalue weighted by Gasteiger charge is -2.23. The second kappa shape index (κ2) is 7.23. The summed E-state index contributed by atoms with van der Waals surface area (Å²) in [4.78, 5) is 0.391. The van der Waals surface area contributed by atoms with Crippen LogP contribution in [0.2, 0.25) is 0 Å². The van der Waals surface area contributed by atoms with E-state index < -0.39 is 9.84 Å². The monoisotopic (exact) mass is 297 g/mol. The summed E-state index contributed by atoms with van der Waals surface area (Å²) in [5.74, 6) is 1.15. The van der Waals surface area contributed by atoms with Crippen LogP contribution in [0.3, 0.4) is 0 Å². The van der Waals surface area contributed by atoms with Crippen LogP contribution in [0.4, 0.5) is 0 Å². The van der Waals surface area contributed by atoms with E-state index in [1.165, 1.54) is 11.8 Å². The van der Waals surface area contributed by atoms with Gasteiger partial charge in [0.1, 0.15) is 0 Å². The molecule has 1 N–H and O–H groups in total. The van der Waals surface area contributed by atoms with Crippen LogP contribution in [0.5, 0.6) is 0 Å². The van der Waals surface area contributed by atoms with E-state index in [2.05, 4.69) is 33.0 Å². The SMILES string of the molecule is CC(C)NCC(Cc1ccc(S(C)(=O)=O)cc1)C(C)C. The van der Waals surface area contributed by atoms with Crippen molar-refractivity contribution in [3.05, 3.63) is 29.8 Å². The fourth-order valence-electron chi connectivity index (χ4n) is 2.11. The topological polar surface area (TPSA) is 46.2 Å². The molecule has 1 aromatic rings. The summed E-state index contributed by atoms with van der Waals surface area (Å²) in [5.41, 5.74) is 1.20. The van der Waals surface area contributed by atoms with Gasteiger partial charge in [-0.2, -0.15) is 0 Å². The van der Waals surface area contributed by atoms with Crippen LogP contribution in [0, 0.1) is 11.8 Å². The van der Waals surface area contributed by atoms with Crippen molar-refractivity contribution in [2.24, 2.45) is 11.8 Å². The zero-order chi connectivity index (χ0) is 15.3. The molecule has 1 atom stereocenters. The summed E-state index contributed by atoms with van der Waals surface area (Å²) in [5, 5.41) is 3.49. The molecule has 0 spiro atoms. The molecule has 1 aromatic carbocycles. The number of nitrogens with one attached hydrogen (secondary N) is 1. The summed E-state index contributed by atoms with van der Waals surface area (Å²) >= 11 is 0. The van der Waals surface area contributed by atoms with E-state index >= 15 is 0 Å². The fraction of sp³-hybridized carbons (Fsp3) is 0.625. The summed E-state index contributed by atoms with van der Waals surface area (Å²) in [6.45, 7) is 9.76. The molecule has 1 rings (SSSR count). The van der Waals surface area contributed by atoms with Gasteiger partial charge in [-0.1, -0.05) is 39.8 Å². The minimum absolute atomic E-state index is 0.391. The Morgan fingerprint density at radius 1 is 1.05 bits per heavy atom. The van der Waals surface area contributed by atoms with Crippen molar-refractivity contribution in [2.45, 2.75) is 45.1 Å². The lowest BCUT2D eigenvalue weighted by molar-refractivity contribution is 0.349. The summed E-state index contributed by atoms with van der Waals surface area (Å²) in [6, 6.07) is 7.77. The van der Waals surface area contributed by atoms with E-state index in [1.807, 2.05) is 12.1 Å². The van der Waals surface area contributed by atoms with Gasteiger partial charge in [0.25, 0.3) is 0 Å². The molecule has 4 heteroatoms. The summed E-state index contributed by atoms with van der Waals surface area (Å²) in [7, 11) is -3.10. The summed E-state index contributed by atoms with van der Waals surface area (Å²) < 4.78 is 22.9. The van der Waals surface area contributed by atoms with Crippen LogP contribution >= 0.6 is 0 Å². The first-order valence-corrected chi connectivity index (χ1v) is 9.11. The highest BCUT2D eigenvalue weighted by Crippen LogP contribution is 2.18. The van der Waals surface area contributed by atoms with Gasteiger partial charge in [0.2, 0.25) is 0 Å². The quantitative estimate of drug-likeness (QED) is 0.842. The maximum absolute atomic E-state index is 11.4. The Labute approximate surface area is 123 Å². The fourth-order valence-corrected chi connectivity index (χ4v) is 2.74. The van der Waals surface area contributed by atoms with E-state index in [1.54, 1.807) is 12.1 Å². The van der Waals surface area contributed by atoms with Gasteiger partial charge in [0.15, 0.2) is 9.84 Å². The van der Waals surface area contributed by atoms with E-state index in [9.17, 15) is 8.42 Å². The zero-order valence-corrected chi connectivity index (χ0v) is 14.0. The van der Waals surface area contributed by atoms with Gasteiger partial charge >= 0.3 is 0 Å². The second-order valence-electron chi connectivity index (χ2n) is 6.19. The van der Waals surface area contributed by atoms with Gasteiger partial charge in [-0.05, 0) is 42.5 Å². The Bertz CT molecular complexity index is 504. The molecule has 0 aliphatic rings. The molecular weight excluding hydrogens is 270 g/mol. The smallest absolute Gasteiger partial charge is 0.175 e. The maximum Gasteiger partial charge on any atom is 0.175 e. The normalized spacial score (nSPS) is 13.9. The molecule has 114 valence electrons. The van der Waals surface area contributed by atoms with Crippen molar-refractivity contribution in [2.75, 3.05) is 12.8 Å². The van der Waals surface area contributed by atoms with Crippen molar-refractivity contribution >= 4 is 9.84 Å². The first-order valence-electron chi connectivity index (χ1n) is 7.22. The van der Waals surface area contributed by atoms with Gasteiger partial charge in [-0.15, -0.1) is 0 Å². The van der Waals surface area contributed by atoms with Crippen molar-refractivity contribution < 1.29 is 8.42 Å². The predicted molar refractivity (Wildman–Crippen MR) is 84.7 cm³/mol. The minimum atomic E-state index is -3.10. The average Bonchev–Trinajstić information content (AvgIpc) is 2.33. The highest BCUT2D eigenvalue weighted by atomic mass is 32.2. The van der Waals surface area contributed by atoms with Gasteiger partial charge in [-0.3, -0.25) is 0 Å². The number of hydrogen-bond donors (Lipinski definition) is 1. The minimum Gasteiger partial charge on any atom is -0.314 e. The zero-order valence-electron chi connectivity index (χ0n) is 13.2. The van der Waals surface area contributed by atoms with Crippen LogP contribution in [0.15, 0.2) is 29.2 Å². The van der Waals surface area contributed by atoms with Crippen molar-refractivity contribution in [3.63, 3.8) is 0 Å². The van der Waals surface area contributed by atoms with Crippen LogP contribution in [-0.2, 0) is 16.3 Å². The van der Waals surface area contributed by atoms with Crippen LogP contribution in [0.1, 0.15) is 33.3 Å². The van der Waals surface area contributed by atoms with Crippen LogP contribution in [0.25, 0.3) is 0 Å². The molecule has 0 saturated heterocycles. The molecular formula is C16H27NO2S. The third-order valence-corrected chi connectivity index (χ3v) is 4.71. The third-order valence-electron chi connectivity index (χ3n) is 3.58. The first kappa shape index (κ1) is 17.2. The largest absolute Gasteiger partial charge is 0.314 e. The number of rotatable bonds is 7. The van der Waals surface area contributed by atoms with Crippen molar-refractivity contribution in [1.29, 1.82) is 0 Å². The molecule has 0 aliphatic carbocycles. The Balaban J connectivity index is 2.74. The van der Waals surface area contributed by atoms with Crippen LogP contribution in [-0.4, -0.2) is 27.3 Å². The molecule has 20 heavy (non-hydrogen) atoms. The van der Waals surface area contributed by atoms with E-state index in [-0.39, 0.29) is 0 Å². The molecule has 0 saturated carbocycles. The maximum atomic E-state index is 11.4. The van der Waals surface area contributed by atoms with Crippen molar-refractivity contribution in [1.82, 2.24) is 5.32 Å². The molecule has 0 fully saturated rings. The third kappa shape index (κ3) is 5.63. The molecule has 3 nitrogen and oxygen atoms in total. The molecule has 0 radical (unpaired) electrons. The predicted octanol–water partition coefficient (Wildman–Crippen LogP) is 2.90. The van der Waals surface area contributed by atoms with Gasteiger partial charge in [-0.25, -0.2) is 8.42 Å². The molecule has 0 aliphatic heterocycles. The Hall–Kier alpha value is -0.870. The van der Waals surface area contributed by atoms with Crippen molar-refractivity contribution in [3.8, 4) is 0 Å². The lowest BCUT2D eigenvalue weighted by atomic mass is 9.89. The molecule has 0 aromatic heterocycles. The average molecular weight is 297 g/mol. The number of benzene rings is 1. The standard InChI is InChI=1S/C16H27NO2S/c1-12(2)15(11-17-13(3)4)10-14-6-8-16(9-7-14)20(5,18)19/h6-9,12-13,15,17H,10-11H2,1-5H3. The Kier molecular flexibility index (Phi) is 6.21. The van der Waals surface area contributed by atoms with E-state index in [4.69, 9.17) is 0 Å². The lowest BCUT2D eigenvalue weighted by Crippen LogP contribution is -2.32. The molecule has 0 amide bonds. The van der Waals surface area contributed by atoms with E-state index in [0.717, 1.165) is 13.0 Å². The molecule has 0 bridgehead atoms. The van der Waals surface area contributed by atoms with Gasteiger partial charge < -0.3 is 5.32 Å². The molecule has 1 unspecified atom stereocenters. The number of hydrogen-bond acceptors (Lipinski definition) is 3.